The molecule has 7 heteroatoms. The normalized spacial score (nSPS) is 20.8. The number of carbonyl (C=O) groups is 1. The van der Waals surface area contributed by atoms with Crippen LogP contribution in [0.25, 0.3) is 6.08 Å². The van der Waals surface area contributed by atoms with Gasteiger partial charge in [0.25, 0.3) is 0 Å². The summed E-state index contributed by atoms with van der Waals surface area (Å²) in [5.74, 6) is 0.547. The van der Waals surface area contributed by atoms with Gasteiger partial charge in [0, 0.05) is 24.3 Å². The molecule has 4 nitrogen and oxygen atoms in total. The van der Waals surface area contributed by atoms with Crippen molar-refractivity contribution in [3.63, 3.8) is 0 Å². The molecular formula is C14H20BNO3S2. The zero-order chi connectivity index (χ0) is 15.7. The van der Waals surface area contributed by atoms with Gasteiger partial charge in [0.2, 0.25) is 0 Å². The number of thiazole rings is 1. The molecule has 2 rings (SSSR count). The van der Waals surface area contributed by atoms with E-state index in [1.807, 2.05) is 39.2 Å². The molecule has 0 aromatic carbocycles. The summed E-state index contributed by atoms with van der Waals surface area (Å²) in [4.78, 5) is 15.5. The molecule has 0 bridgehead atoms. The Kier molecular flexibility index (Phi) is 4.98. The van der Waals surface area contributed by atoms with Crippen LogP contribution in [0.15, 0.2) is 17.0 Å². The Labute approximate surface area is 134 Å². The largest absolute Gasteiger partial charge is 0.491 e. The van der Waals surface area contributed by atoms with Gasteiger partial charge in [-0.15, -0.1) is 11.3 Å². The Balaban J connectivity index is 2.22. The molecule has 0 aliphatic carbocycles. The Morgan fingerprint density at radius 2 is 2.00 bits per heavy atom. The Morgan fingerprint density at radius 3 is 2.48 bits per heavy atom. The van der Waals surface area contributed by atoms with Crippen molar-refractivity contribution in [3.8, 4) is 0 Å². The molecule has 1 aliphatic heterocycles. The van der Waals surface area contributed by atoms with E-state index in [-0.39, 0.29) is 16.3 Å². The molecule has 1 aromatic heterocycles. The summed E-state index contributed by atoms with van der Waals surface area (Å²) < 4.78 is 12.1. The topological polar surface area (TPSA) is 48.4 Å². The predicted molar refractivity (Wildman–Crippen MR) is 89.3 cm³/mol. The standard InChI is InChI=1S/C14H20BNO3S2/c1-10(17)21-9-11(8-12-16-6-7-20-12)15-18-13(2,3)14(4,5)19-15/h6-8H,9H2,1-5H3. The lowest BCUT2D eigenvalue weighted by molar-refractivity contribution is -0.109. The fraction of sp³-hybridized carbons (Fsp3) is 0.571. The number of aromatic nitrogens is 1. The number of thioether (sulfide) groups is 1. The van der Waals surface area contributed by atoms with Gasteiger partial charge in [-0.05, 0) is 39.2 Å². The van der Waals surface area contributed by atoms with Crippen LogP contribution < -0.4 is 0 Å². The van der Waals surface area contributed by atoms with Crippen molar-refractivity contribution in [3.05, 3.63) is 22.1 Å². The van der Waals surface area contributed by atoms with E-state index in [4.69, 9.17) is 9.31 Å². The number of nitrogens with zero attached hydrogens (tertiary/aromatic N) is 1. The van der Waals surface area contributed by atoms with E-state index >= 15 is 0 Å². The van der Waals surface area contributed by atoms with E-state index in [0.717, 1.165) is 10.5 Å². The molecule has 0 N–H and O–H groups in total. The molecule has 0 spiro atoms. The molecule has 21 heavy (non-hydrogen) atoms. The third-order valence-corrected chi connectivity index (χ3v) is 5.37. The SMILES string of the molecule is CC(=O)SCC(=Cc1nccs1)B1OC(C)(C)C(C)(C)O1. The summed E-state index contributed by atoms with van der Waals surface area (Å²) in [7, 11) is -0.439. The first-order chi connectivity index (χ1) is 9.71. The molecule has 1 aromatic rings. The summed E-state index contributed by atoms with van der Waals surface area (Å²) in [6, 6.07) is 0. The van der Waals surface area contributed by atoms with Gasteiger partial charge in [-0.1, -0.05) is 11.8 Å². The van der Waals surface area contributed by atoms with E-state index in [2.05, 4.69) is 4.98 Å². The minimum Gasteiger partial charge on any atom is -0.400 e. The van der Waals surface area contributed by atoms with Crippen molar-refractivity contribution < 1.29 is 14.1 Å². The van der Waals surface area contributed by atoms with E-state index in [0.29, 0.717) is 5.75 Å². The van der Waals surface area contributed by atoms with Gasteiger partial charge in [0.05, 0.1) is 11.2 Å². The Morgan fingerprint density at radius 1 is 1.38 bits per heavy atom. The Bertz CT molecular complexity index is 524. The highest BCUT2D eigenvalue weighted by Gasteiger charge is 2.52. The smallest absolute Gasteiger partial charge is 0.400 e. The zero-order valence-electron chi connectivity index (χ0n) is 13.0. The highest BCUT2D eigenvalue weighted by atomic mass is 32.2. The number of carbonyl (C=O) groups excluding carboxylic acids is 1. The average Bonchev–Trinajstić information content (AvgIpc) is 2.91. The van der Waals surface area contributed by atoms with Crippen LogP contribution in [0.1, 0.15) is 39.6 Å². The van der Waals surface area contributed by atoms with Gasteiger partial charge in [-0.3, -0.25) is 4.79 Å². The number of hydrogen-bond acceptors (Lipinski definition) is 6. The lowest BCUT2D eigenvalue weighted by Crippen LogP contribution is -2.41. The monoisotopic (exact) mass is 325 g/mol. The van der Waals surface area contributed by atoms with Gasteiger partial charge in [-0.25, -0.2) is 4.98 Å². The van der Waals surface area contributed by atoms with Gasteiger partial charge in [-0.2, -0.15) is 0 Å². The van der Waals surface area contributed by atoms with E-state index in [1.165, 1.54) is 11.8 Å². The van der Waals surface area contributed by atoms with E-state index in [9.17, 15) is 4.79 Å². The molecule has 1 aliphatic rings. The summed E-state index contributed by atoms with van der Waals surface area (Å²) in [6.45, 7) is 9.65. The van der Waals surface area contributed by atoms with E-state index in [1.54, 1.807) is 24.5 Å². The van der Waals surface area contributed by atoms with Crippen LogP contribution in [-0.2, 0) is 14.1 Å². The second-order valence-electron chi connectivity index (χ2n) is 5.96. The van der Waals surface area contributed by atoms with Crippen LogP contribution in [0.4, 0.5) is 0 Å². The van der Waals surface area contributed by atoms with Crippen LogP contribution in [0.5, 0.6) is 0 Å². The summed E-state index contributed by atoms with van der Waals surface area (Å²) in [5.41, 5.74) is 0.157. The molecule has 114 valence electrons. The first kappa shape index (κ1) is 16.7. The molecule has 1 saturated heterocycles. The van der Waals surface area contributed by atoms with Crippen LogP contribution in [0.2, 0.25) is 0 Å². The highest BCUT2D eigenvalue weighted by Crippen LogP contribution is 2.39. The predicted octanol–water partition coefficient (Wildman–Crippen LogP) is 3.44. The van der Waals surface area contributed by atoms with Crippen LogP contribution in [0, 0.1) is 0 Å². The fourth-order valence-electron chi connectivity index (χ4n) is 1.82. The van der Waals surface area contributed by atoms with Crippen LogP contribution in [0.3, 0.4) is 0 Å². The molecule has 1 fully saturated rings. The minimum atomic E-state index is -0.439. The Hall–Kier alpha value is -0.625. The van der Waals surface area contributed by atoms with Gasteiger partial charge in [0.15, 0.2) is 5.12 Å². The maximum Gasteiger partial charge on any atom is 0.491 e. The lowest BCUT2D eigenvalue weighted by Gasteiger charge is -2.32. The number of rotatable bonds is 4. The molecule has 0 atom stereocenters. The van der Waals surface area contributed by atoms with Crippen molar-refractivity contribution >= 4 is 41.4 Å². The highest BCUT2D eigenvalue weighted by molar-refractivity contribution is 8.13. The van der Waals surface area contributed by atoms with Crippen LogP contribution in [-0.4, -0.2) is 34.2 Å². The summed E-state index contributed by atoms with van der Waals surface area (Å²) >= 11 is 2.81. The first-order valence-corrected chi connectivity index (χ1v) is 8.67. The first-order valence-electron chi connectivity index (χ1n) is 6.80. The molecule has 0 saturated carbocycles. The lowest BCUT2D eigenvalue weighted by atomic mass is 9.79. The molecular weight excluding hydrogens is 305 g/mol. The van der Waals surface area contributed by atoms with E-state index < -0.39 is 7.12 Å². The van der Waals surface area contributed by atoms with Gasteiger partial charge >= 0.3 is 7.12 Å². The maximum atomic E-state index is 11.3. The minimum absolute atomic E-state index is 0.0801. The quantitative estimate of drug-likeness (QED) is 0.794. The zero-order valence-corrected chi connectivity index (χ0v) is 14.6. The van der Waals surface area contributed by atoms with Crippen LogP contribution >= 0.6 is 23.1 Å². The second-order valence-corrected chi connectivity index (χ2v) is 8.04. The molecule has 0 unspecified atom stereocenters. The van der Waals surface area contributed by atoms with Gasteiger partial charge < -0.3 is 9.31 Å². The second kappa shape index (κ2) is 6.24. The molecule has 0 radical (unpaired) electrons. The van der Waals surface area contributed by atoms with Gasteiger partial charge in [0.1, 0.15) is 5.01 Å². The van der Waals surface area contributed by atoms with Crippen molar-refractivity contribution in [2.75, 3.05) is 5.75 Å². The average molecular weight is 325 g/mol. The number of hydrogen-bond donors (Lipinski definition) is 0. The van der Waals surface area contributed by atoms with Crippen molar-refractivity contribution in [1.82, 2.24) is 4.98 Å². The van der Waals surface area contributed by atoms with Crippen molar-refractivity contribution in [2.45, 2.75) is 45.8 Å². The third-order valence-electron chi connectivity index (χ3n) is 3.76. The van der Waals surface area contributed by atoms with Crippen molar-refractivity contribution in [1.29, 1.82) is 0 Å². The fourth-order valence-corrected chi connectivity index (χ4v) is 3.01. The molecule has 2 heterocycles. The summed E-state index contributed by atoms with van der Waals surface area (Å²) in [5, 5.41) is 2.90. The maximum absolute atomic E-state index is 11.3. The summed E-state index contributed by atoms with van der Waals surface area (Å²) in [6.07, 6.45) is 3.72. The third kappa shape index (κ3) is 3.97. The van der Waals surface area contributed by atoms with Crippen molar-refractivity contribution in [2.24, 2.45) is 0 Å². The molecule has 0 amide bonds.